The van der Waals surface area contributed by atoms with E-state index in [4.69, 9.17) is 0 Å². The molecule has 0 unspecified atom stereocenters. The van der Waals surface area contributed by atoms with Crippen LogP contribution in [-0.2, 0) is 0 Å². The Balaban J connectivity index is 2.36. The van der Waals surface area contributed by atoms with Crippen LogP contribution in [0.5, 0.6) is 5.75 Å². The maximum absolute atomic E-state index is 10.0. The Bertz CT molecular complexity index is 362. The topological polar surface area (TPSA) is 35.5 Å². The van der Waals surface area contributed by atoms with Crippen LogP contribution in [0.25, 0.3) is 0 Å². The maximum atomic E-state index is 10.0. The largest absolute Gasteiger partial charge is 0.505 e. The number of hydrogen-bond acceptors (Lipinski definition) is 3. The fourth-order valence-electron chi connectivity index (χ4n) is 1.94. The second-order valence-corrected chi connectivity index (χ2v) is 4.65. The molecule has 0 aromatic heterocycles. The molecule has 0 spiro atoms. The predicted octanol–water partition coefficient (Wildman–Crippen LogP) is 1.87. The number of nitrogens with one attached hydrogen (secondary N) is 1. The minimum Gasteiger partial charge on any atom is -0.505 e. The van der Waals surface area contributed by atoms with Gasteiger partial charge in [0.1, 0.15) is 0 Å². The first kappa shape index (κ1) is 10.8. The summed E-state index contributed by atoms with van der Waals surface area (Å²) in [7, 11) is 0. The van der Waals surface area contributed by atoms with Crippen LogP contribution in [0.2, 0.25) is 0 Å². The van der Waals surface area contributed by atoms with Crippen molar-refractivity contribution >= 4 is 21.6 Å². The number of piperazine rings is 1. The van der Waals surface area contributed by atoms with Gasteiger partial charge in [0.2, 0.25) is 0 Å². The molecule has 0 aliphatic carbocycles. The highest BCUT2D eigenvalue weighted by molar-refractivity contribution is 9.10. The first-order valence-corrected chi connectivity index (χ1v) is 5.93. The Morgan fingerprint density at radius 2 is 2.00 bits per heavy atom. The highest BCUT2D eigenvalue weighted by atomic mass is 79.9. The van der Waals surface area contributed by atoms with E-state index >= 15 is 0 Å². The standard InChI is InChI=1S/C11H15BrN2O/c1-8-2-3-9(12)11(15)10(8)14-6-4-13-5-7-14/h2-3,13,15H,4-7H2,1H3. The van der Waals surface area contributed by atoms with Gasteiger partial charge in [0.25, 0.3) is 0 Å². The van der Waals surface area contributed by atoms with Crippen molar-refractivity contribution < 1.29 is 5.11 Å². The number of aryl methyl sites for hydroxylation is 1. The zero-order valence-electron chi connectivity index (χ0n) is 8.76. The number of hydrogen-bond donors (Lipinski definition) is 2. The van der Waals surface area contributed by atoms with Gasteiger partial charge in [-0.3, -0.25) is 0 Å². The lowest BCUT2D eigenvalue weighted by Gasteiger charge is -2.31. The third-order valence-corrected chi connectivity index (χ3v) is 3.38. The van der Waals surface area contributed by atoms with E-state index in [1.807, 2.05) is 19.1 Å². The number of nitrogens with zero attached hydrogens (tertiary/aromatic N) is 1. The minimum atomic E-state index is 0.358. The number of benzene rings is 1. The summed E-state index contributed by atoms with van der Waals surface area (Å²) in [5.74, 6) is 0.358. The van der Waals surface area contributed by atoms with Gasteiger partial charge < -0.3 is 15.3 Å². The molecular weight excluding hydrogens is 256 g/mol. The Labute approximate surface area is 98.2 Å². The van der Waals surface area contributed by atoms with Crippen molar-refractivity contribution in [3.05, 3.63) is 22.2 Å². The molecule has 0 amide bonds. The normalized spacial score (nSPS) is 16.8. The van der Waals surface area contributed by atoms with Gasteiger partial charge >= 0.3 is 0 Å². The third kappa shape index (κ3) is 2.11. The smallest absolute Gasteiger partial charge is 0.153 e. The Kier molecular flexibility index (Phi) is 3.17. The average Bonchev–Trinajstić information content (AvgIpc) is 2.26. The molecule has 1 heterocycles. The zero-order chi connectivity index (χ0) is 10.8. The van der Waals surface area contributed by atoms with Crippen LogP contribution in [0.4, 0.5) is 5.69 Å². The Morgan fingerprint density at radius 1 is 1.33 bits per heavy atom. The minimum absolute atomic E-state index is 0.358. The number of phenolic OH excluding ortho intramolecular Hbond substituents is 1. The molecule has 1 aromatic carbocycles. The summed E-state index contributed by atoms with van der Waals surface area (Å²) in [4.78, 5) is 2.23. The summed E-state index contributed by atoms with van der Waals surface area (Å²) >= 11 is 3.35. The van der Waals surface area contributed by atoms with Crippen molar-refractivity contribution in [1.29, 1.82) is 0 Å². The molecule has 2 rings (SSSR count). The van der Waals surface area contributed by atoms with Crippen molar-refractivity contribution in [3.8, 4) is 5.75 Å². The van der Waals surface area contributed by atoms with Crippen molar-refractivity contribution in [3.63, 3.8) is 0 Å². The molecule has 0 saturated carbocycles. The van der Waals surface area contributed by atoms with E-state index < -0.39 is 0 Å². The van der Waals surface area contributed by atoms with Crippen molar-refractivity contribution in [2.24, 2.45) is 0 Å². The van der Waals surface area contributed by atoms with Crippen LogP contribution >= 0.6 is 15.9 Å². The van der Waals surface area contributed by atoms with E-state index in [-0.39, 0.29) is 0 Å². The van der Waals surface area contributed by atoms with Gasteiger partial charge in [-0.25, -0.2) is 0 Å². The number of anilines is 1. The van der Waals surface area contributed by atoms with Crippen LogP contribution in [-0.4, -0.2) is 31.3 Å². The first-order valence-electron chi connectivity index (χ1n) is 5.14. The summed E-state index contributed by atoms with van der Waals surface area (Å²) in [6.45, 7) is 5.88. The van der Waals surface area contributed by atoms with E-state index in [0.717, 1.165) is 41.9 Å². The lowest BCUT2D eigenvalue weighted by atomic mass is 10.1. The number of rotatable bonds is 1. The van der Waals surface area contributed by atoms with E-state index in [9.17, 15) is 5.11 Å². The molecule has 3 nitrogen and oxygen atoms in total. The first-order chi connectivity index (χ1) is 7.20. The van der Waals surface area contributed by atoms with Gasteiger partial charge in [0.15, 0.2) is 5.75 Å². The van der Waals surface area contributed by atoms with Crippen molar-refractivity contribution in [1.82, 2.24) is 5.32 Å². The average molecular weight is 271 g/mol. The molecule has 1 fully saturated rings. The van der Waals surface area contributed by atoms with Gasteiger partial charge in [-0.05, 0) is 34.5 Å². The quantitative estimate of drug-likeness (QED) is 0.818. The summed E-state index contributed by atoms with van der Waals surface area (Å²) in [5.41, 5.74) is 2.09. The molecule has 4 heteroatoms. The van der Waals surface area contributed by atoms with Crippen molar-refractivity contribution in [2.45, 2.75) is 6.92 Å². The highest BCUT2D eigenvalue weighted by Gasteiger charge is 2.17. The predicted molar refractivity (Wildman–Crippen MR) is 65.6 cm³/mol. The second-order valence-electron chi connectivity index (χ2n) is 3.80. The van der Waals surface area contributed by atoms with E-state index in [0.29, 0.717) is 5.75 Å². The molecule has 0 atom stereocenters. The molecule has 1 aliphatic heterocycles. The SMILES string of the molecule is Cc1ccc(Br)c(O)c1N1CCNCC1. The van der Waals surface area contributed by atoms with Gasteiger partial charge in [-0.2, -0.15) is 0 Å². The number of aromatic hydroxyl groups is 1. The monoisotopic (exact) mass is 270 g/mol. The molecule has 0 bridgehead atoms. The molecule has 2 N–H and O–H groups in total. The van der Waals surface area contributed by atoms with Crippen LogP contribution in [0, 0.1) is 6.92 Å². The third-order valence-electron chi connectivity index (χ3n) is 2.74. The van der Waals surface area contributed by atoms with E-state index in [1.54, 1.807) is 0 Å². The van der Waals surface area contributed by atoms with Crippen LogP contribution in [0.15, 0.2) is 16.6 Å². The lowest BCUT2D eigenvalue weighted by molar-refractivity contribution is 0.466. The van der Waals surface area contributed by atoms with Crippen LogP contribution < -0.4 is 10.2 Å². The Hall–Kier alpha value is -0.740. The maximum Gasteiger partial charge on any atom is 0.153 e. The summed E-state index contributed by atoms with van der Waals surface area (Å²) in [6.07, 6.45) is 0. The molecule has 82 valence electrons. The van der Waals surface area contributed by atoms with Gasteiger partial charge in [-0.15, -0.1) is 0 Å². The number of halogens is 1. The van der Waals surface area contributed by atoms with Crippen LogP contribution in [0.3, 0.4) is 0 Å². The molecule has 0 radical (unpaired) electrons. The summed E-state index contributed by atoms with van der Waals surface area (Å²) in [5, 5.41) is 13.3. The van der Waals surface area contributed by atoms with E-state index in [2.05, 4.69) is 26.1 Å². The summed E-state index contributed by atoms with van der Waals surface area (Å²) in [6, 6.07) is 3.91. The number of phenols is 1. The van der Waals surface area contributed by atoms with E-state index in [1.165, 1.54) is 0 Å². The van der Waals surface area contributed by atoms with Crippen molar-refractivity contribution in [2.75, 3.05) is 31.1 Å². The summed E-state index contributed by atoms with van der Waals surface area (Å²) < 4.78 is 0.765. The fourth-order valence-corrected chi connectivity index (χ4v) is 2.26. The molecule has 1 saturated heterocycles. The van der Waals surface area contributed by atoms with Gasteiger partial charge in [-0.1, -0.05) is 6.07 Å². The Morgan fingerprint density at radius 3 is 2.67 bits per heavy atom. The highest BCUT2D eigenvalue weighted by Crippen LogP contribution is 2.37. The molecule has 1 aliphatic rings. The zero-order valence-corrected chi connectivity index (χ0v) is 10.3. The molecule has 1 aromatic rings. The second kappa shape index (κ2) is 4.41. The lowest BCUT2D eigenvalue weighted by Crippen LogP contribution is -2.43. The fraction of sp³-hybridized carbons (Fsp3) is 0.455. The molecular formula is C11H15BrN2O. The van der Waals surface area contributed by atoms with Crippen LogP contribution in [0.1, 0.15) is 5.56 Å². The van der Waals surface area contributed by atoms with Gasteiger partial charge in [0.05, 0.1) is 10.2 Å². The molecule has 15 heavy (non-hydrogen) atoms. The van der Waals surface area contributed by atoms with Gasteiger partial charge in [0, 0.05) is 26.2 Å².